The molecule has 1 saturated heterocycles. The first-order chi connectivity index (χ1) is 7.70. The minimum absolute atomic E-state index is 0.157. The number of methoxy groups -OCH3 is 1. The smallest absolute Gasteiger partial charge is 0.320 e. The van der Waals surface area contributed by atoms with E-state index in [0.29, 0.717) is 6.61 Å². The van der Waals surface area contributed by atoms with E-state index in [9.17, 15) is 4.79 Å². The lowest BCUT2D eigenvalue weighted by Gasteiger charge is -2.35. The maximum absolute atomic E-state index is 12.2. The molecule has 1 fully saturated rings. The quantitative estimate of drug-likeness (QED) is 0.736. The first-order valence-electron chi connectivity index (χ1n) is 6.25. The van der Waals surface area contributed by atoms with Crippen molar-refractivity contribution in [1.82, 2.24) is 9.80 Å². The first kappa shape index (κ1) is 13.3. The summed E-state index contributed by atoms with van der Waals surface area (Å²) in [5.74, 6) is 0. The van der Waals surface area contributed by atoms with Gasteiger partial charge in [-0.15, -0.1) is 0 Å². The van der Waals surface area contributed by atoms with Gasteiger partial charge in [-0.25, -0.2) is 4.79 Å². The van der Waals surface area contributed by atoms with Gasteiger partial charge >= 0.3 is 6.03 Å². The normalized spacial score (nSPS) is 18.3. The summed E-state index contributed by atoms with van der Waals surface area (Å²) in [6, 6.07) is 0.330. The zero-order valence-electron chi connectivity index (χ0n) is 10.7. The molecule has 16 heavy (non-hydrogen) atoms. The molecule has 0 spiro atoms. The lowest BCUT2D eigenvalue weighted by Crippen LogP contribution is -2.50. The molecule has 0 aliphatic carbocycles. The molecule has 1 atom stereocenters. The zero-order chi connectivity index (χ0) is 12.0. The number of likely N-dealkylation sites (N-methyl/N-ethyl adjacent to an activating group) is 1. The fourth-order valence-electron chi connectivity index (χ4n) is 2.23. The average molecular weight is 228 g/mol. The van der Waals surface area contributed by atoms with Crippen LogP contribution in [0.25, 0.3) is 0 Å². The molecule has 0 aromatic heterocycles. The van der Waals surface area contributed by atoms with E-state index in [2.05, 4.69) is 0 Å². The molecule has 1 aliphatic rings. The highest BCUT2D eigenvalue weighted by atomic mass is 16.5. The molecule has 4 heteroatoms. The van der Waals surface area contributed by atoms with Crippen molar-refractivity contribution in [1.29, 1.82) is 0 Å². The van der Waals surface area contributed by atoms with Crippen LogP contribution >= 0.6 is 0 Å². The number of hydrogen-bond donors (Lipinski definition) is 0. The van der Waals surface area contributed by atoms with E-state index in [1.165, 1.54) is 6.42 Å². The number of nitrogens with zero attached hydrogens (tertiary/aromatic N) is 2. The highest BCUT2D eigenvalue weighted by Gasteiger charge is 2.24. The number of piperidine rings is 1. The van der Waals surface area contributed by atoms with Crippen molar-refractivity contribution in [3.05, 3.63) is 0 Å². The third-order valence-electron chi connectivity index (χ3n) is 3.15. The second-order valence-corrected chi connectivity index (χ2v) is 4.42. The summed E-state index contributed by atoms with van der Waals surface area (Å²) in [7, 11) is 1.68. The third kappa shape index (κ3) is 3.37. The van der Waals surface area contributed by atoms with Gasteiger partial charge in [0, 0.05) is 26.7 Å². The number of rotatable bonds is 4. The molecule has 0 aromatic carbocycles. The van der Waals surface area contributed by atoms with E-state index in [1.54, 1.807) is 7.11 Å². The molecular formula is C12H24N2O2. The monoisotopic (exact) mass is 228 g/mol. The van der Waals surface area contributed by atoms with Crippen molar-refractivity contribution >= 4 is 6.03 Å². The van der Waals surface area contributed by atoms with Crippen molar-refractivity contribution in [2.75, 3.05) is 33.4 Å². The molecule has 1 heterocycles. The van der Waals surface area contributed by atoms with E-state index in [0.717, 1.165) is 32.5 Å². The van der Waals surface area contributed by atoms with Crippen molar-refractivity contribution in [2.45, 2.75) is 39.2 Å². The highest BCUT2D eigenvalue weighted by Crippen LogP contribution is 2.13. The minimum atomic E-state index is 0.157. The van der Waals surface area contributed by atoms with E-state index < -0.39 is 0 Å². The number of urea groups is 1. The molecule has 0 bridgehead atoms. The molecule has 4 nitrogen and oxygen atoms in total. The summed E-state index contributed by atoms with van der Waals surface area (Å²) in [4.78, 5) is 16.1. The summed E-state index contributed by atoms with van der Waals surface area (Å²) in [5.41, 5.74) is 0. The summed E-state index contributed by atoms with van der Waals surface area (Å²) in [5, 5.41) is 0. The molecule has 0 radical (unpaired) electrons. The number of amides is 2. The van der Waals surface area contributed by atoms with Gasteiger partial charge in [-0.3, -0.25) is 0 Å². The molecule has 1 aliphatic heterocycles. The Morgan fingerprint density at radius 3 is 2.50 bits per heavy atom. The topological polar surface area (TPSA) is 32.8 Å². The van der Waals surface area contributed by atoms with Gasteiger partial charge < -0.3 is 14.5 Å². The van der Waals surface area contributed by atoms with E-state index in [-0.39, 0.29) is 12.1 Å². The van der Waals surface area contributed by atoms with Crippen molar-refractivity contribution in [3.8, 4) is 0 Å². The predicted octanol–water partition coefficient (Wildman–Crippen LogP) is 1.95. The molecular weight excluding hydrogens is 204 g/mol. The Labute approximate surface area is 98.5 Å². The fraction of sp³-hybridized carbons (Fsp3) is 0.917. The molecule has 0 N–H and O–H groups in total. The summed E-state index contributed by atoms with van der Waals surface area (Å²) in [6.45, 7) is 7.24. The lowest BCUT2D eigenvalue weighted by molar-refractivity contribution is 0.0913. The molecule has 2 amide bonds. The standard InChI is InChI=1S/C12H24N2O2/c1-4-14(11(2)10-16-3)12(15)13-8-6-5-7-9-13/h11H,4-10H2,1-3H3. The van der Waals surface area contributed by atoms with Gasteiger partial charge in [0.2, 0.25) is 0 Å². The van der Waals surface area contributed by atoms with Crippen molar-refractivity contribution in [3.63, 3.8) is 0 Å². The summed E-state index contributed by atoms with van der Waals surface area (Å²) in [6.07, 6.45) is 3.54. The number of carbonyl (C=O) groups excluding carboxylic acids is 1. The van der Waals surface area contributed by atoms with E-state index in [1.807, 2.05) is 23.6 Å². The van der Waals surface area contributed by atoms with Gasteiger partial charge in [-0.05, 0) is 33.1 Å². The van der Waals surface area contributed by atoms with Gasteiger partial charge in [-0.1, -0.05) is 0 Å². The molecule has 0 saturated carbocycles. The first-order valence-corrected chi connectivity index (χ1v) is 6.25. The average Bonchev–Trinajstić information content (AvgIpc) is 2.31. The van der Waals surface area contributed by atoms with Crippen LogP contribution in [0, 0.1) is 0 Å². The fourth-order valence-corrected chi connectivity index (χ4v) is 2.23. The van der Waals surface area contributed by atoms with E-state index >= 15 is 0 Å². The van der Waals surface area contributed by atoms with Crippen molar-refractivity contribution in [2.24, 2.45) is 0 Å². The highest BCUT2D eigenvalue weighted by molar-refractivity contribution is 5.74. The van der Waals surface area contributed by atoms with Crippen LogP contribution in [-0.4, -0.2) is 55.2 Å². The maximum atomic E-state index is 12.2. The van der Waals surface area contributed by atoms with Gasteiger partial charge in [0.05, 0.1) is 12.6 Å². The number of carbonyl (C=O) groups is 1. The van der Waals surface area contributed by atoms with Gasteiger partial charge in [0.15, 0.2) is 0 Å². The predicted molar refractivity (Wildman–Crippen MR) is 64.5 cm³/mol. The largest absolute Gasteiger partial charge is 0.383 e. The maximum Gasteiger partial charge on any atom is 0.320 e. The number of ether oxygens (including phenoxy) is 1. The van der Waals surface area contributed by atoms with Gasteiger partial charge in [-0.2, -0.15) is 0 Å². The van der Waals surface area contributed by atoms with Gasteiger partial charge in [0.25, 0.3) is 0 Å². The van der Waals surface area contributed by atoms with Gasteiger partial charge in [0.1, 0.15) is 0 Å². The Morgan fingerprint density at radius 1 is 1.38 bits per heavy atom. The van der Waals surface area contributed by atoms with E-state index in [4.69, 9.17) is 4.74 Å². The Bertz CT molecular complexity index is 215. The van der Waals surface area contributed by atoms with Crippen LogP contribution in [0.2, 0.25) is 0 Å². The lowest BCUT2D eigenvalue weighted by atomic mass is 10.1. The minimum Gasteiger partial charge on any atom is -0.383 e. The van der Waals surface area contributed by atoms with Crippen LogP contribution in [0.5, 0.6) is 0 Å². The van der Waals surface area contributed by atoms with Crippen LogP contribution in [0.15, 0.2) is 0 Å². The molecule has 94 valence electrons. The Kier molecular flexibility index (Phi) is 5.60. The third-order valence-corrected chi connectivity index (χ3v) is 3.15. The van der Waals surface area contributed by atoms with Crippen LogP contribution < -0.4 is 0 Å². The van der Waals surface area contributed by atoms with Crippen LogP contribution in [0.3, 0.4) is 0 Å². The number of hydrogen-bond acceptors (Lipinski definition) is 2. The van der Waals surface area contributed by atoms with Crippen LogP contribution in [-0.2, 0) is 4.74 Å². The molecule has 1 rings (SSSR count). The summed E-state index contributed by atoms with van der Waals surface area (Å²) < 4.78 is 5.11. The molecule has 0 aromatic rings. The van der Waals surface area contributed by atoms with Crippen LogP contribution in [0.1, 0.15) is 33.1 Å². The van der Waals surface area contributed by atoms with Crippen molar-refractivity contribution < 1.29 is 9.53 Å². The Morgan fingerprint density at radius 2 is 2.00 bits per heavy atom. The zero-order valence-corrected chi connectivity index (χ0v) is 10.7. The molecule has 1 unspecified atom stereocenters. The SMILES string of the molecule is CCN(C(=O)N1CCCCC1)C(C)COC. The second kappa shape index (κ2) is 6.74. The Balaban J connectivity index is 2.53. The summed E-state index contributed by atoms with van der Waals surface area (Å²) >= 11 is 0. The second-order valence-electron chi connectivity index (χ2n) is 4.42. The Hall–Kier alpha value is -0.770. The number of likely N-dealkylation sites (tertiary alicyclic amines) is 1. The van der Waals surface area contributed by atoms with Crippen LogP contribution in [0.4, 0.5) is 4.79 Å².